The number of anilines is 2. The zero-order chi connectivity index (χ0) is 20.9. The number of hydrogen-bond donors (Lipinski definition) is 2. The van der Waals surface area contributed by atoms with Crippen LogP contribution < -0.4 is 10.6 Å². The molecule has 0 amide bonds. The van der Waals surface area contributed by atoms with E-state index in [1.807, 2.05) is 42.7 Å². The molecule has 2 aromatic heterocycles. The van der Waals surface area contributed by atoms with Crippen LogP contribution in [0, 0.1) is 5.82 Å². The third-order valence-electron chi connectivity index (χ3n) is 4.26. The van der Waals surface area contributed by atoms with Crippen molar-refractivity contribution in [2.24, 2.45) is 0 Å². The molecule has 4 rings (SSSR count). The number of halogens is 2. The van der Waals surface area contributed by atoms with Crippen LogP contribution in [0.3, 0.4) is 0 Å². The highest BCUT2D eigenvalue weighted by molar-refractivity contribution is 7.80. The lowest BCUT2D eigenvalue weighted by atomic mass is 10.2. The van der Waals surface area contributed by atoms with Crippen LogP contribution in [0.5, 0.6) is 0 Å². The lowest BCUT2D eigenvalue weighted by molar-refractivity contribution is 0.624. The highest BCUT2D eigenvalue weighted by atomic mass is 35.5. The van der Waals surface area contributed by atoms with Crippen LogP contribution in [0.15, 0.2) is 73.2 Å². The van der Waals surface area contributed by atoms with Crippen molar-refractivity contribution in [3.8, 4) is 0 Å². The molecule has 0 aliphatic heterocycles. The fourth-order valence-corrected chi connectivity index (χ4v) is 3.34. The molecule has 0 spiro atoms. The summed E-state index contributed by atoms with van der Waals surface area (Å²) in [7, 11) is 0. The molecule has 0 saturated heterocycles. The van der Waals surface area contributed by atoms with Gasteiger partial charge in [0.25, 0.3) is 0 Å². The van der Waals surface area contributed by atoms with Crippen molar-refractivity contribution in [1.82, 2.24) is 19.6 Å². The molecule has 0 fully saturated rings. The first-order valence-electron chi connectivity index (χ1n) is 9.16. The fraction of sp³-hybridized carbons (Fsp3) is 0.0952. The first-order valence-corrected chi connectivity index (χ1v) is 9.95. The molecule has 152 valence electrons. The molecule has 0 bridgehead atoms. The molecule has 0 aliphatic rings. The lowest BCUT2D eigenvalue weighted by Crippen LogP contribution is -2.19. The minimum Gasteiger partial charge on any atom is -0.330 e. The monoisotopic (exact) mass is 440 g/mol. The van der Waals surface area contributed by atoms with Crippen LogP contribution in [0.2, 0.25) is 5.02 Å². The van der Waals surface area contributed by atoms with E-state index in [1.54, 1.807) is 27.7 Å². The van der Waals surface area contributed by atoms with Gasteiger partial charge >= 0.3 is 0 Å². The van der Waals surface area contributed by atoms with Crippen LogP contribution in [0.4, 0.5) is 15.9 Å². The van der Waals surface area contributed by atoms with Crippen molar-refractivity contribution in [2.75, 3.05) is 10.6 Å². The Morgan fingerprint density at radius 3 is 2.60 bits per heavy atom. The van der Waals surface area contributed by atoms with Crippen LogP contribution in [-0.4, -0.2) is 24.7 Å². The van der Waals surface area contributed by atoms with E-state index in [0.717, 1.165) is 16.8 Å². The van der Waals surface area contributed by atoms with E-state index in [9.17, 15) is 4.39 Å². The van der Waals surface area contributed by atoms with Crippen LogP contribution in [0.1, 0.15) is 11.1 Å². The second-order valence-electron chi connectivity index (χ2n) is 6.66. The van der Waals surface area contributed by atoms with Crippen molar-refractivity contribution in [3.63, 3.8) is 0 Å². The minimum absolute atomic E-state index is 0.256. The normalized spacial score (nSPS) is 10.7. The molecule has 6 nitrogen and oxygen atoms in total. The standard InChI is InChI=1S/C21H18ClFN6S/c22-17-3-1-2-16(10-17)13-28-9-8-20(27-28)26-21(30)25-19-11-24-29(14-19)12-15-4-6-18(23)7-5-15/h1-11,14H,12-13H2,(H2,25,26,27,30). The summed E-state index contributed by atoms with van der Waals surface area (Å²) in [5.41, 5.74) is 2.76. The van der Waals surface area contributed by atoms with Gasteiger partial charge in [-0.25, -0.2) is 4.39 Å². The Kier molecular flexibility index (Phi) is 6.06. The Bertz CT molecular complexity index is 1150. The van der Waals surface area contributed by atoms with E-state index in [2.05, 4.69) is 20.8 Å². The number of nitrogens with zero attached hydrogens (tertiary/aromatic N) is 4. The zero-order valence-corrected chi connectivity index (χ0v) is 17.4. The molecule has 0 radical (unpaired) electrons. The Morgan fingerprint density at radius 1 is 1.00 bits per heavy atom. The largest absolute Gasteiger partial charge is 0.330 e. The second-order valence-corrected chi connectivity index (χ2v) is 7.51. The van der Waals surface area contributed by atoms with Crippen LogP contribution in [0.25, 0.3) is 0 Å². The summed E-state index contributed by atoms with van der Waals surface area (Å²) in [4.78, 5) is 0. The van der Waals surface area contributed by atoms with Crippen molar-refractivity contribution in [1.29, 1.82) is 0 Å². The number of thiocarbonyl (C=S) groups is 1. The molecule has 2 aromatic carbocycles. The maximum atomic E-state index is 13.0. The number of nitrogens with one attached hydrogen (secondary N) is 2. The van der Waals surface area contributed by atoms with Gasteiger partial charge < -0.3 is 10.6 Å². The summed E-state index contributed by atoms with van der Waals surface area (Å²) < 4.78 is 16.6. The molecule has 0 saturated carbocycles. The molecule has 4 aromatic rings. The zero-order valence-electron chi connectivity index (χ0n) is 15.8. The molecule has 30 heavy (non-hydrogen) atoms. The molecule has 0 aliphatic carbocycles. The van der Waals surface area contributed by atoms with Crippen LogP contribution >= 0.6 is 23.8 Å². The SMILES string of the molecule is Fc1ccc(Cn2cc(NC(=S)Nc3ccn(Cc4cccc(Cl)c4)n3)cn2)cc1. The Morgan fingerprint density at radius 2 is 1.80 bits per heavy atom. The van der Waals surface area contributed by atoms with Gasteiger partial charge in [-0.15, -0.1) is 0 Å². The van der Waals surface area contributed by atoms with Gasteiger partial charge in [0.05, 0.1) is 25.0 Å². The molecule has 0 unspecified atom stereocenters. The summed E-state index contributed by atoms with van der Waals surface area (Å²) in [5, 5.41) is 16.0. The predicted octanol–water partition coefficient (Wildman–Crippen LogP) is 4.78. The van der Waals surface area contributed by atoms with Gasteiger partial charge in [-0.1, -0.05) is 35.9 Å². The first kappa shape index (κ1) is 20.1. The van der Waals surface area contributed by atoms with Gasteiger partial charge in [-0.3, -0.25) is 9.36 Å². The van der Waals surface area contributed by atoms with E-state index in [-0.39, 0.29) is 5.82 Å². The summed E-state index contributed by atoms with van der Waals surface area (Å²) in [6.45, 7) is 1.15. The molecule has 2 heterocycles. The Balaban J connectivity index is 1.31. The van der Waals surface area contributed by atoms with E-state index >= 15 is 0 Å². The summed E-state index contributed by atoms with van der Waals surface area (Å²) in [5.74, 6) is 0.376. The number of benzene rings is 2. The van der Waals surface area contributed by atoms with Gasteiger partial charge in [0, 0.05) is 23.5 Å². The highest BCUT2D eigenvalue weighted by Crippen LogP contribution is 2.13. The highest BCUT2D eigenvalue weighted by Gasteiger charge is 2.06. The fourth-order valence-electron chi connectivity index (χ4n) is 2.91. The van der Waals surface area contributed by atoms with Gasteiger partial charge in [-0.2, -0.15) is 10.2 Å². The Hall–Kier alpha value is -3.23. The van der Waals surface area contributed by atoms with Crippen molar-refractivity contribution in [3.05, 3.63) is 95.2 Å². The number of hydrogen-bond acceptors (Lipinski definition) is 3. The molecule has 2 N–H and O–H groups in total. The van der Waals surface area contributed by atoms with Gasteiger partial charge in [-0.05, 0) is 47.6 Å². The number of rotatable bonds is 6. The van der Waals surface area contributed by atoms with E-state index in [0.29, 0.717) is 29.0 Å². The lowest BCUT2D eigenvalue weighted by Gasteiger charge is -2.06. The van der Waals surface area contributed by atoms with Crippen molar-refractivity contribution < 1.29 is 4.39 Å². The maximum absolute atomic E-state index is 13.0. The summed E-state index contributed by atoms with van der Waals surface area (Å²) in [6.07, 6.45) is 5.37. The van der Waals surface area contributed by atoms with Crippen LogP contribution in [-0.2, 0) is 13.1 Å². The van der Waals surface area contributed by atoms with Crippen molar-refractivity contribution >= 4 is 40.4 Å². The van der Waals surface area contributed by atoms with E-state index in [1.165, 1.54) is 12.1 Å². The molecule has 9 heteroatoms. The third kappa shape index (κ3) is 5.43. The quantitative estimate of drug-likeness (QED) is 0.423. The minimum atomic E-state index is -0.256. The summed E-state index contributed by atoms with van der Waals surface area (Å²) in [6, 6.07) is 15.8. The third-order valence-corrected chi connectivity index (χ3v) is 4.70. The van der Waals surface area contributed by atoms with E-state index < -0.39 is 0 Å². The predicted molar refractivity (Wildman–Crippen MR) is 120 cm³/mol. The molecular weight excluding hydrogens is 423 g/mol. The average Bonchev–Trinajstić information content (AvgIpc) is 3.33. The summed E-state index contributed by atoms with van der Waals surface area (Å²) >= 11 is 11.4. The van der Waals surface area contributed by atoms with Gasteiger partial charge in [0.2, 0.25) is 0 Å². The molecular formula is C21H18ClFN6S. The maximum Gasteiger partial charge on any atom is 0.176 e. The molecule has 0 atom stereocenters. The topological polar surface area (TPSA) is 59.7 Å². The van der Waals surface area contributed by atoms with Gasteiger partial charge in [0.15, 0.2) is 10.9 Å². The number of aromatic nitrogens is 4. The second kappa shape index (κ2) is 9.06. The average molecular weight is 441 g/mol. The Labute approximate surface area is 183 Å². The smallest absolute Gasteiger partial charge is 0.176 e. The van der Waals surface area contributed by atoms with Gasteiger partial charge in [0.1, 0.15) is 5.82 Å². The first-order chi connectivity index (χ1) is 14.5. The van der Waals surface area contributed by atoms with E-state index in [4.69, 9.17) is 23.8 Å². The van der Waals surface area contributed by atoms with Crippen molar-refractivity contribution in [2.45, 2.75) is 13.1 Å².